The van der Waals surface area contributed by atoms with Crippen molar-refractivity contribution in [1.82, 2.24) is 0 Å². The van der Waals surface area contributed by atoms with E-state index in [1.807, 2.05) is 0 Å². The average Bonchev–Trinajstić information content (AvgIpc) is 2.74. The van der Waals surface area contributed by atoms with Crippen molar-refractivity contribution in [3.8, 4) is 0 Å². The second-order valence-electron chi connectivity index (χ2n) is 4.58. The van der Waals surface area contributed by atoms with E-state index in [1.54, 1.807) is 18.2 Å². The van der Waals surface area contributed by atoms with E-state index in [1.165, 1.54) is 12.1 Å². The molecular weight excluding hydrogens is 224 g/mol. The van der Waals surface area contributed by atoms with Gasteiger partial charge in [0, 0.05) is 11.6 Å². The van der Waals surface area contributed by atoms with Crippen molar-refractivity contribution >= 4 is 0 Å². The van der Waals surface area contributed by atoms with Crippen LogP contribution in [0.15, 0.2) is 30.3 Å². The summed E-state index contributed by atoms with van der Waals surface area (Å²) in [6.07, 6.45) is 2.22. The molecule has 1 fully saturated rings. The van der Waals surface area contributed by atoms with Crippen LogP contribution < -0.4 is 5.73 Å². The topological polar surface area (TPSA) is 35.2 Å². The van der Waals surface area contributed by atoms with Crippen LogP contribution in [0.1, 0.15) is 24.8 Å². The van der Waals surface area contributed by atoms with E-state index < -0.39 is 12.5 Å². The molecular formula is C13H17F2NO. The van der Waals surface area contributed by atoms with Crippen LogP contribution in [0, 0.1) is 0 Å². The van der Waals surface area contributed by atoms with Gasteiger partial charge in [0.1, 0.15) is 6.61 Å². The van der Waals surface area contributed by atoms with Gasteiger partial charge in [-0.3, -0.25) is 0 Å². The molecule has 2 atom stereocenters. The zero-order valence-corrected chi connectivity index (χ0v) is 9.61. The van der Waals surface area contributed by atoms with E-state index >= 15 is 0 Å². The van der Waals surface area contributed by atoms with Crippen molar-refractivity contribution < 1.29 is 13.5 Å². The number of ether oxygens (including phenoxy) is 1. The van der Waals surface area contributed by atoms with E-state index in [-0.39, 0.29) is 17.7 Å². The number of hydrogen-bond donors (Lipinski definition) is 1. The zero-order chi connectivity index (χ0) is 12.3. The number of rotatable bonds is 4. The van der Waals surface area contributed by atoms with Gasteiger partial charge in [0.25, 0.3) is 5.92 Å². The number of halogens is 2. The SMILES string of the molecule is NC1CCC(OCC(F)(F)c2ccccc2)C1. The molecule has 2 rings (SSSR count). The molecule has 94 valence electrons. The summed E-state index contributed by atoms with van der Waals surface area (Å²) >= 11 is 0. The molecule has 2 N–H and O–H groups in total. The lowest BCUT2D eigenvalue weighted by Gasteiger charge is -2.19. The Morgan fingerprint density at radius 2 is 1.94 bits per heavy atom. The Bertz CT molecular complexity index is 356. The highest BCUT2D eigenvalue weighted by Crippen LogP contribution is 2.30. The largest absolute Gasteiger partial charge is 0.372 e. The molecule has 0 spiro atoms. The normalized spacial score (nSPS) is 25.1. The predicted octanol–water partition coefficient (Wildman–Crippen LogP) is 2.67. The lowest BCUT2D eigenvalue weighted by atomic mass is 10.1. The number of benzene rings is 1. The summed E-state index contributed by atoms with van der Waals surface area (Å²) in [7, 11) is 0. The van der Waals surface area contributed by atoms with Crippen molar-refractivity contribution in [2.75, 3.05) is 6.61 Å². The van der Waals surface area contributed by atoms with Gasteiger partial charge in [-0.05, 0) is 19.3 Å². The first-order chi connectivity index (χ1) is 8.08. The summed E-state index contributed by atoms with van der Waals surface area (Å²) in [5.74, 6) is -2.92. The quantitative estimate of drug-likeness (QED) is 0.879. The van der Waals surface area contributed by atoms with Crippen LogP contribution in [0.4, 0.5) is 8.78 Å². The van der Waals surface area contributed by atoms with Gasteiger partial charge in [0.05, 0.1) is 6.10 Å². The van der Waals surface area contributed by atoms with Crippen LogP contribution in [0.5, 0.6) is 0 Å². The van der Waals surface area contributed by atoms with Crippen LogP contribution in [-0.4, -0.2) is 18.8 Å². The Morgan fingerprint density at radius 3 is 2.53 bits per heavy atom. The zero-order valence-electron chi connectivity index (χ0n) is 9.61. The van der Waals surface area contributed by atoms with Gasteiger partial charge >= 0.3 is 0 Å². The Morgan fingerprint density at radius 1 is 1.24 bits per heavy atom. The first kappa shape index (κ1) is 12.5. The van der Waals surface area contributed by atoms with Gasteiger partial charge in [-0.1, -0.05) is 30.3 Å². The average molecular weight is 241 g/mol. The third kappa shape index (κ3) is 3.23. The molecule has 0 bridgehead atoms. The molecule has 1 saturated carbocycles. The van der Waals surface area contributed by atoms with Crippen LogP contribution >= 0.6 is 0 Å². The second kappa shape index (κ2) is 5.10. The first-order valence-electron chi connectivity index (χ1n) is 5.88. The second-order valence-corrected chi connectivity index (χ2v) is 4.58. The molecule has 0 radical (unpaired) electrons. The molecule has 1 aliphatic carbocycles. The maximum Gasteiger partial charge on any atom is 0.296 e. The van der Waals surface area contributed by atoms with Crippen LogP contribution in [0.2, 0.25) is 0 Å². The first-order valence-corrected chi connectivity index (χ1v) is 5.88. The van der Waals surface area contributed by atoms with E-state index in [9.17, 15) is 8.78 Å². The highest BCUT2D eigenvalue weighted by atomic mass is 19.3. The Labute approximate surface area is 99.8 Å². The van der Waals surface area contributed by atoms with E-state index in [4.69, 9.17) is 10.5 Å². The standard InChI is InChI=1S/C13H17F2NO/c14-13(15,10-4-2-1-3-5-10)9-17-12-7-6-11(16)8-12/h1-5,11-12H,6-9,16H2. The van der Waals surface area contributed by atoms with Gasteiger partial charge < -0.3 is 10.5 Å². The summed E-state index contributed by atoms with van der Waals surface area (Å²) in [6, 6.07) is 7.87. The smallest absolute Gasteiger partial charge is 0.296 e. The highest BCUT2D eigenvalue weighted by molar-refractivity contribution is 5.19. The monoisotopic (exact) mass is 241 g/mol. The Kier molecular flexibility index (Phi) is 3.74. The fraction of sp³-hybridized carbons (Fsp3) is 0.538. The fourth-order valence-corrected chi connectivity index (χ4v) is 2.11. The molecule has 1 aliphatic rings. The molecule has 1 aromatic rings. The molecule has 1 aromatic carbocycles. The molecule has 0 amide bonds. The number of alkyl halides is 2. The summed E-state index contributed by atoms with van der Waals surface area (Å²) in [5.41, 5.74) is 5.71. The van der Waals surface area contributed by atoms with Crippen molar-refractivity contribution in [2.45, 2.75) is 37.3 Å². The summed E-state index contributed by atoms with van der Waals surface area (Å²) < 4.78 is 32.8. The molecule has 2 nitrogen and oxygen atoms in total. The van der Waals surface area contributed by atoms with Crippen molar-refractivity contribution in [2.24, 2.45) is 5.73 Å². The maximum absolute atomic E-state index is 13.8. The van der Waals surface area contributed by atoms with E-state index in [0.717, 1.165) is 12.8 Å². The van der Waals surface area contributed by atoms with Gasteiger partial charge in [-0.25, -0.2) is 0 Å². The molecule has 2 unspecified atom stereocenters. The minimum absolute atomic E-state index is 0.00213. The van der Waals surface area contributed by atoms with E-state index in [0.29, 0.717) is 6.42 Å². The summed E-state index contributed by atoms with van der Waals surface area (Å²) in [6.45, 7) is -0.561. The minimum atomic E-state index is -2.92. The summed E-state index contributed by atoms with van der Waals surface area (Å²) in [4.78, 5) is 0. The van der Waals surface area contributed by atoms with Gasteiger partial charge in [0.15, 0.2) is 0 Å². The van der Waals surface area contributed by atoms with E-state index in [2.05, 4.69) is 0 Å². The molecule has 17 heavy (non-hydrogen) atoms. The van der Waals surface area contributed by atoms with Gasteiger partial charge in [-0.15, -0.1) is 0 Å². The van der Waals surface area contributed by atoms with Gasteiger partial charge in [-0.2, -0.15) is 8.78 Å². The molecule has 0 aromatic heterocycles. The molecule has 0 aliphatic heterocycles. The van der Waals surface area contributed by atoms with Crippen molar-refractivity contribution in [3.63, 3.8) is 0 Å². The van der Waals surface area contributed by atoms with Crippen LogP contribution in [-0.2, 0) is 10.7 Å². The Hall–Kier alpha value is -1.00. The lowest BCUT2D eigenvalue weighted by molar-refractivity contribution is -0.103. The van der Waals surface area contributed by atoms with Crippen LogP contribution in [0.25, 0.3) is 0 Å². The van der Waals surface area contributed by atoms with Crippen LogP contribution in [0.3, 0.4) is 0 Å². The molecule has 0 saturated heterocycles. The van der Waals surface area contributed by atoms with Crippen molar-refractivity contribution in [3.05, 3.63) is 35.9 Å². The highest BCUT2D eigenvalue weighted by Gasteiger charge is 2.34. The number of hydrogen-bond acceptors (Lipinski definition) is 2. The number of nitrogens with two attached hydrogens (primary N) is 1. The van der Waals surface area contributed by atoms with Gasteiger partial charge in [0.2, 0.25) is 0 Å². The molecule has 0 heterocycles. The van der Waals surface area contributed by atoms with Crippen molar-refractivity contribution in [1.29, 1.82) is 0 Å². The lowest BCUT2D eigenvalue weighted by Crippen LogP contribution is -2.25. The minimum Gasteiger partial charge on any atom is -0.372 e. The molecule has 4 heteroatoms. The summed E-state index contributed by atoms with van der Waals surface area (Å²) in [5, 5.41) is 0. The Balaban J connectivity index is 1.89. The fourth-order valence-electron chi connectivity index (χ4n) is 2.11. The third-order valence-corrected chi connectivity index (χ3v) is 3.12. The maximum atomic E-state index is 13.8. The predicted molar refractivity (Wildman–Crippen MR) is 61.9 cm³/mol. The third-order valence-electron chi connectivity index (χ3n) is 3.12.